The topological polar surface area (TPSA) is 80.3 Å². The fraction of sp³-hybridized carbons (Fsp3) is 1.00. The van der Waals surface area contributed by atoms with Gasteiger partial charge in [-0.2, -0.15) is 0 Å². The SMILES string of the molecule is CCCCCCCCCCCC[P+](=O)[O-].CCCCCCCCCCCC[P+](=O)[O-].[Ni+2]. The fourth-order valence-electron chi connectivity index (χ4n) is 3.46. The second kappa shape index (κ2) is 32.8. The molecule has 0 amide bonds. The minimum absolute atomic E-state index is 0. The third kappa shape index (κ3) is 41.4. The van der Waals surface area contributed by atoms with Crippen molar-refractivity contribution in [1.82, 2.24) is 0 Å². The van der Waals surface area contributed by atoms with E-state index in [9.17, 15) is 18.9 Å². The number of unbranched alkanes of at least 4 members (excludes halogenated alkanes) is 18. The first-order chi connectivity index (χ1) is 14.5. The Bertz CT molecular complexity index is 337. The molecule has 0 aromatic carbocycles. The molecule has 0 aliphatic heterocycles. The zero-order chi connectivity index (χ0) is 22.7. The van der Waals surface area contributed by atoms with Gasteiger partial charge in [-0.15, -0.1) is 0 Å². The summed E-state index contributed by atoms with van der Waals surface area (Å²) in [6, 6.07) is 0. The number of hydrogen-bond acceptors (Lipinski definition) is 4. The van der Waals surface area contributed by atoms with Gasteiger partial charge in [0.25, 0.3) is 0 Å². The minimum atomic E-state index is -2.14. The van der Waals surface area contributed by atoms with Crippen LogP contribution in [0.4, 0.5) is 0 Å². The molecule has 31 heavy (non-hydrogen) atoms. The van der Waals surface area contributed by atoms with E-state index in [1.54, 1.807) is 0 Å². The second-order valence-corrected chi connectivity index (χ2v) is 10.7. The summed E-state index contributed by atoms with van der Waals surface area (Å²) in [6.07, 6.45) is 25.9. The van der Waals surface area contributed by atoms with Crippen LogP contribution in [-0.2, 0) is 25.6 Å². The molecule has 0 spiro atoms. The Morgan fingerprint density at radius 2 is 0.613 bits per heavy atom. The molecule has 0 saturated carbocycles. The molecular formula is C24H50NiO4P2+2. The fourth-order valence-corrected chi connectivity index (χ4v) is 4.42. The molecule has 0 aromatic heterocycles. The maximum Gasteiger partial charge on any atom is 2.00 e. The van der Waals surface area contributed by atoms with Gasteiger partial charge in [0, 0.05) is 0 Å². The van der Waals surface area contributed by atoms with Crippen LogP contribution in [-0.4, -0.2) is 12.3 Å². The van der Waals surface area contributed by atoms with Crippen LogP contribution in [0, 0.1) is 0 Å². The molecular weight excluding hydrogens is 473 g/mol. The van der Waals surface area contributed by atoms with E-state index in [0.29, 0.717) is 12.3 Å². The molecule has 0 saturated heterocycles. The molecule has 0 radical (unpaired) electrons. The Hall–Kier alpha value is 0.614. The quantitative estimate of drug-likeness (QED) is 0.0818. The molecule has 4 nitrogen and oxygen atoms in total. The summed E-state index contributed by atoms with van der Waals surface area (Å²) < 4.78 is 20.5. The van der Waals surface area contributed by atoms with Crippen LogP contribution < -0.4 is 9.79 Å². The van der Waals surface area contributed by atoms with E-state index >= 15 is 0 Å². The third-order valence-electron chi connectivity index (χ3n) is 5.39. The average molecular weight is 523 g/mol. The van der Waals surface area contributed by atoms with Gasteiger partial charge < -0.3 is 9.79 Å². The Kier molecular flexibility index (Phi) is 38.3. The maximum absolute atomic E-state index is 10.3. The molecule has 0 heterocycles. The molecule has 0 bridgehead atoms. The van der Waals surface area contributed by atoms with Gasteiger partial charge in [-0.3, -0.25) is 0 Å². The van der Waals surface area contributed by atoms with Crippen molar-refractivity contribution in [3.8, 4) is 0 Å². The first-order valence-electron chi connectivity index (χ1n) is 12.8. The Morgan fingerprint density at radius 1 is 0.419 bits per heavy atom. The normalized spacial score (nSPS) is 11.4. The van der Waals surface area contributed by atoms with Crippen molar-refractivity contribution in [2.24, 2.45) is 0 Å². The van der Waals surface area contributed by atoms with Crippen LogP contribution >= 0.6 is 16.1 Å². The second-order valence-electron chi connectivity index (χ2n) is 8.48. The summed E-state index contributed by atoms with van der Waals surface area (Å²) in [5, 5.41) is 0. The molecule has 0 aliphatic rings. The minimum Gasteiger partial charge on any atom is -0.596 e. The van der Waals surface area contributed by atoms with Gasteiger partial charge in [-0.1, -0.05) is 126 Å². The zero-order valence-electron chi connectivity index (χ0n) is 20.4. The summed E-state index contributed by atoms with van der Waals surface area (Å²) in [7, 11) is -4.27. The van der Waals surface area contributed by atoms with Crippen LogP contribution in [0.1, 0.15) is 142 Å². The van der Waals surface area contributed by atoms with Crippen molar-refractivity contribution in [2.75, 3.05) is 12.3 Å². The van der Waals surface area contributed by atoms with E-state index in [2.05, 4.69) is 13.8 Å². The number of rotatable bonds is 22. The predicted molar refractivity (Wildman–Crippen MR) is 129 cm³/mol. The first kappa shape index (κ1) is 36.2. The van der Waals surface area contributed by atoms with Crippen molar-refractivity contribution >= 4 is 16.1 Å². The van der Waals surface area contributed by atoms with Crippen molar-refractivity contribution in [3.63, 3.8) is 0 Å². The van der Waals surface area contributed by atoms with E-state index in [4.69, 9.17) is 0 Å². The van der Waals surface area contributed by atoms with Crippen molar-refractivity contribution in [3.05, 3.63) is 0 Å². The first-order valence-corrected chi connectivity index (χ1v) is 15.5. The summed E-state index contributed by atoms with van der Waals surface area (Å²) in [5.74, 6) is 0. The molecule has 0 aromatic rings. The van der Waals surface area contributed by atoms with E-state index in [0.717, 1.165) is 25.7 Å². The van der Waals surface area contributed by atoms with Gasteiger partial charge in [-0.05, 0) is 25.7 Å². The summed E-state index contributed by atoms with van der Waals surface area (Å²) >= 11 is 0. The molecule has 0 aliphatic carbocycles. The summed E-state index contributed by atoms with van der Waals surface area (Å²) in [6.45, 7) is 4.47. The average Bonchev–Trinajstić information content (AvgIpc) is 2.71. The predicted octanol–water partition coefficient (Wildman–Crippen LogP) is 8.02. The number of hydrogen-bond donors (Lipinski definition) is 0. The largest absolute Gasteiger partial charge is 2.00 e. The molecule has 0 N–H and O–H groups in total. The smallest absolute Gasteiger partial charge is 0.596 e. The Balaban J connectivity index is -0.000000490. The van der Waals surface area contributed by atoms with Crippen molar-refractivity contribution in [2.45, 2.75) is 142 Å². The zero-order valence-corrected chi connectivity index (χ0v) is 23.2. The van der Waals surface area contributed by atoms with Gasteiger partial charge in [0.05, 0.1) is 0 Å². The van der Waals surface area contributed by atoms with Crippen LogP contribution in [0.15, 0.2) is 0 Å². The van der Waals surface area contributed by atoms with E-state index in [1.165, 1.54) is 103 Å². The van der Waals surface area contributed by atoms with E-state index in [-0.39, 0.29) is 16.5 Å². The van der Waals surface area contributed by atoms with Gasteiger partial charge in [0.2, 0.25) is 0 Å². The molecule has 2 atom stereocenters. The van der Waals surface area contributed by atoms with E-state index in [1.807, 2.05) is 0 Å². The third-order valence-corrected chi connectivity index (χ3v) is 6.75. The van der Waals surface area contributed by atoms with E-state index < -0.39 is 16.1 Å². The maximum atomic E-state index is 10.3. The molecule has 188 valence electrons. The van der Waals surface area contributed by atoms with Crippen LogP contribution in [0.3, 0.4) is 0 Å². The monoisotopic (exact) mass is 522 g/mol. The Morgan fingerprint density at radius 3 is 0.806 bits per heavy atom. The van der Waals surface area contributed by atoms with Gasteiger partial charge >= 0.3 is 32.5 Å². The molecule has 7 heteroatoms. The van der Waals surface area contributed by atoms with Crippen molar-refractivity contribution < 1.29 is 35.4 Å². The molecule has 0 rings (SSSR count). The van der Waals surface area contributed by atoms with Gasteiger partial charge in [0.15, 0.2) is 0 Å². The van der Waals surface area contributed by atoms with Crippen molar-refractivity contribution in [1.29, 1.82) is 0 Å². The van der Waals surface area contributed by atoms with Gasteiger partial charge in [0.1, 0.15) is 12.3 Å². The summed E-state index contributed by atoms with van der Waals surface area (Å²) in [5.41, 5.74) is 0. The van der Waals surface area contributed by atoms with Crippen LogP contribution in [0.5, 0.6) is 0 Å². The standard InChI is InChI=1S/2C12H25O2P.Ni/c2*1-2-3-4-5-6-7-8-9-10-11-12-15(13)14;/h2*2-12H2,1H3;/q;;+2. The van der Waals surface area contributed by atoms with Gasteiger partial charge in [-0.25, -0.2) is 0 Å². The summed E-state index contributed by atoms with van der Waals surface area (Å²) in [4.78, 5) is 20.5. The Labute approximate surface area is 205 Å². The molecule has 0 fully saturated rings. The van der Waals surface area contributed by atoms with Crippen LogP contribution in [0.25, 0.3) is 0 Å². The van der Waals surface area contributed by atoms with Crippen LogP contribution in [0.2, 0.25) is 0 Å². The molecule has 2 unspecified atom stereocenters.